The second-order valence-electron chi connectivity index (χ2n) is 11.0. The number of Topliss-reactive ketones (excluding diaryl/α,β-unsaturated/α-hetero) is 1. The van der Waals surface area contributed by atoms with Gasteiger partial charge in [-0.25, -0.2) is 4.79 Å². The quantitative estimate of drug-likeness (QED) is 0.0944. The summed E-state index contributed by atoms with van der Waals surface area (Å²) in [7, 11) is 0. The monoisotopic (exact) mass is 590 g/mol. The molecule has 0 heterocycles. The van der Waals surface area contributed by atoms with Crippen LogP contribution >= 0.6 is 0 Å². The van der Waals surface area contributed by atoms with E-state index < -0.39 is 23.4 Å². The number of hydrogen-bond donors (Lipinski definition) is 3. The van der Waals surface area contributed by atoms with E-state index in [4.69, 9.17) is 11.7 Å². The second kappa shape index (κ2) is 20.5. The number of carbonyl (C=O) groups is 3. The van der Waals surface area contributed by atoms with Gasteiger partial charge in [0.15, 0.2) is 5.60 Å². The highest BCUT2D eigenvalue weighted by atomic mass is 16.5. The number of allylic oxidation sites excluding steroid dienone is 1. The van der Waals surface area contributed by atoms with Crippen LogP contribution in [-0.2, 0) is 27.4 Å². The van der Waals surface area contributed by atoms with E-state index in [-0.39, 0.29) is 0 Å². The predicted octanol–water partition coefficient (Wildman–Crippen LogP) is 7.06. The lowest BCUT2D eigenvalue weighted by molar-refractivity contribution is -0.160. The highest BCUT2D eigenvalue weighted by molar-refractivity contribution is 5.91. The number of unbranched alkanes of at least 4 members (excludes halogenated alkanes) is 8. The van der Waals surface area contributed by atoms with Crippen molar-refractivity contribution in [3.63, 3.8) is 0 Å². The van der Waals surface area contributed by atoms with Crippen molar-refractivity contribution in [1.29, 1.82) is 0 Å². The standard InChI is InChI=1S/C36H48NO6/c1-3-4-5-8-14-19-31(38)20-15-9-6-7-10-16-21-33(36(2,42)35(40)41)34(39)37-27-26-29-22-24-32(25-23-29)43-28-30-17-12-11-13-18-30/h2,11-13,16-18,21-25,27,33,42H,3-10,14-15,19-20,26,28H2,1H3,(H,37,39)(H,40,41)/b21-16+/t33-,36+/m1/s1. The van der Waals surface area contributed by atoms with Crippen LogP contribution in [0.2, 0.25) is 0 Å². The summed E-state index contributed by atoms with van der Waals surface area (Å²) in [6.07, 6.45) is 14.6. The van der Waals surface area contributed by atoms with Crippen LogP contribution in [-0.4, -0.2) is 33.5 Å². The summed E-state index contributed by atoms with van der Waals surface area (Å²) in [6.45, 7) is 9.77. The molecular weight excluding hydrogens is 542 g/mol. The number of amides is 1. The summed E-state index contributed by atoms with van der Waals surface area (Å²) in [5.74, 6) is -2.80. The van der Waals surface area contributed by atoms with Crippen molar-refractivity contribution in [2.45, 2.75) is 103 Å². The molecule has 7 nitrogen and oxygen atoms in total. The molecule has 2 aromatic rings. The first-order valence-electron chi connectivity index (χ1n) is 15.5. The molecule has 0 aliphatic heterocycles. The number of carboxylic acids is 1. The fourth-order valence-electron chi connectivity index (χ4n) is 4.61. The van der Waals surface area contributed by atoms with Gasteiger partial charge in [0.05, 0.1) is 12.5 Å². The van der Waals surface area contributed by atoms with Gasteiger partial charge in [-0.2, -0.15) is 0 Å². The van der Waals surface area contributed by atoms with Crippen LogP contribution in [0.5, 0.6) is 5.75 Å². The zero-order valence-corrected chi connectivity index (χ0v) is 25.5. The first kappa shape index (κ1) is 35.7. The van der Waals surface area contributed by atoms with E-state index in [1.54, 1.807) is 6.08 Å². The minimum atomic E-state index is -2.75. The third kappa shape index (κ3) is 14.5. The summed E-state index contributed by atoms with van der Waals surface area (Å²) in [5, 5.41) is 22.3. The van der Waals surface area contributed by atoms with E-state index in [0.29, 0.717) is 38.1 Å². The molecule has 233 valence electrons. The number of carboxylic acid groups (broad SMARTS) is 1. The Morgan fingerprint density at radius 1 is 0.884 bits per heavy atom. The van der Waals surface area contributed by atoms with E-state index in [9.17, 15) is 24.6 Å². The van der Waals surface area contributed by atoms with Crippen molar-refractivity contribution < 1.29 is 29.3 Å². The van der Waals surface area contributed by atoms with Crippen molar-refractivity contribution >= 4 is 17.7 Å². The lowest BCUT2D eigenvalue weighted by Crippen LogP contribution is -2.49. The van der Waals surface area contributed by atoms with Crippen molar-refractivity contribution in [2.75, 3.05) is 0 Å². The van der Waals surface area contributed by atoms with Gasteiger partial charge in [-0.05, 0) is 55.4 Å². The van der Waals surface area contributed by atoms with Gasteiger partial charge in [-0.15, -0.1) is 0 Å². The lowest BCUT2D eigenvalue weighted by Gasteiger charge is -2.25. The Morgan fingerprint density at radius 2 is 1.51 bits per heavy atom. The number of carbonyl (C=O) groups excluding carboxylic acids is 2. The van der Waals surface area contributed by atoms with Gasteiger partial charge in [0.2, 0.25) is 5.91 Å². The van der Waals surface area contributed by atoms with Gasteiger partial charge >= 0.3 is 5.97 Å². The van der Waals surface area contributed by atoms with E-state index in [0.717, 1.165) is 55.4 Å². The van der Waals surface area contributed by atoms with Gasteiger partial charge in [-0.1, -0.05) is 100 Å². The number of benzene rings is 2. The van der Waals surface area contributed by atoms with Gasteiger partial charge in [0.25, 0.3) is 0 Å². The molecule has 0 unspecified atom stereocenters. The molecule has 0 saturated carbocycles. The average molecular weight is 591 g/mol. The molecule has 2 rings (SSSR count). The summed E-state index contributed by atoms with van der Waals surface area (Å²) in [6, 6.07) is 17.3. The third-order valence-electron chi connectivity index (χ3n) is 7.32. The van der Waals surface area contributed by atoms with Crippen LogP contribution in [0.25, 0.3) is 0 Å². The predicted molar refractivity (Wildman–Crippen MR) is 169 cm³/mol. The summed E-state index contributed by atoms with van der Waals surface area (Å²) in [4.78, 5) is 36.4. The molecular formula is C36H48NO6. The molecule has 0 aromatic heterocycles. The maximum Gasteiger partial charge on any atom is 0.337 e. The summed E-state index contributed by atoms with van der Waals surface area (Å²) >= 11 is 0. The van der Waals surface area contributed by atoms with Crippen molar-refractivity contribution in [3.8, 4) is 5.75 Å². The maximum atomic E-state index is 12.8. The SMILES string of the molecule is [CH][C@@](O)(C(=O)O)[C@H](/C=C/CCCCCCC(=O)CCCCCCC)C(=O)N[CH]Cc1ccc(OCc2ccccc2)cc1. The topological polar surface area (TPSA) is 113 Å². The Hall–Kier alpha value is -3.45. The Balaban J connectivity index is 1.71. The van der Waals surface area contributed by atoms with Crippen molar-refractivity contribution in [2.24, 2.45) is 5.92 Å². The highest BCUT2D eigenvalue weighted by Gasteiger charge is 2.42. The van der Waals surface area contributed by atoms with Crippen LogP contribution in [0.4, 0.5) is 0 Å². The normalized spacial score (nSPS) is 13.4. The summed E-state index contributed by atoms with van der Waals surface area (Å²) < 4.78 is 5.79. The van der Waals surface area contributed by atoms with Crippen LogP contribution in [0, 0.1) is 19.4 Å². The first-order chi connectivity index (χ1) is 20.7. The van der Waals surface area contributed by atoms with Gasteiger partial charge < -0.3 is 20.3 Å². The lowest BCUT2D eigenvalue weighted by atomic mass is 9.87. The molecule has 0 bridgehead atoms. The molecule has 0 aliphatic carbocycles. The van der Waals surface area contributed by atoms with E-state index >= 15 is 0 Å². The fourth-order valence-corrected chi connectivity index (χ4v) is 4.61. The molecule has 3 radical (unpaired) electrons. The Bertz CT molecular complexity index is 1110. The molecule has 7 heteroatoms. The van der Waals surface area contributed by atoms with Crippen LogP contribution in [0.1, 0.15) is 95.1 Å². The van der Waals surface area contributed by atoms with Crippen LogP contribution < -0.4 is 10.1 Å². The second-order valence-corrected chi connectivity index (χ2v) is 11.0. The van der Waals surface area contributed by atoms with E-state index in [2.05, 4.69) is 12.2 Å². The molecule has 0 aliphatic rings. The first-order valence-corrected chi connectivity index (χ1v) is 15.5. The van der Waals surface area contributed by atoms with E-state index in [1.807, 2.05) is 54.6 Å². The van der Waals surface area contributed by atoms with Crippen LogP contribution in [0.15, 0.2) is 66.7 Å². The zero-order valence-electron chi connectivity index (χ0n) is 25.5. The molecule has 3 N–H and O–H groups in total. The Kier molecular flexibility index (Phi) is 17.0. The number of nitrogens with one attached hydrogen (secondary N) is 1. The van der Waals surface area contributed by atoms with E-state index in [1.165, 1.54) is 31.9 Å². The number of aliphatic hydroxyl groups is 1. The highest BCUT2D eigenvalue weighted by Crippen LogP contribution is 2.21. The molecule has 0 spiro atoms. The average Bonchev–Trinajstić information content (AvgIpc) is 3.00. The Labute approximate surface area is 257 Å². The molecule has 43 heavy (non-hydrogen) atoms. The van der Waals surface area contributed by atoms with Gasteiger partial charge in [0.1, 0.15) is 18.1 Å². The number of ketones is 1. The molecule has 2 aromatic carbocycles. The molecule has 0 fully saturated rings. The number of rotatable bonds is 23. The molecule has 1 amide bonds. The minimum absolute atomic E-state index is 0.336. The fraction of sp³-hybridized carbons (Fsp3) is 0.472. The van der Waals surface area contributed by atoms with Crippen molar-refractivity contribution in [3.05, 3.63) is 91.3 Å². The largest absolute Gasteiger partial charge is 0.489 e. The number of aliphatic carboxylic acids is 1. The smallest absolute Gasteiger partial charge is 0.337 e. The number of ether oxygens (including phenoxy) is 1. The minimum Gasteiger partial charge on any atom is -0.489 e. The van der Waals surface area contributed by atoms with Gasteiger partial charge in [0, 0.05) is 19.8 Å². The molecule has 2 atom stereocenters. The molecule has 0 saturated heterocycles. The Morgan fingerprint density at radius 3 is 2.14 bits per heavy atom. The van der Waals surface area contributed by atoms with Crippen molar-refractivity contribution in [1.82, 2.24) is 5.32 Å². The van der Waals surface area contributed by atoms with Crippen LogP contribution in [0.3, 0.4) is 0 Å². The van der Waals surface area contributed by atoms with Gasteiger partial charge in [-0.3, -0.25) is 9.59 Å². The third-order valence-corrected chi connectivity index (χ3v) is 7.32. The zero-order chi connectivity index (χ0) is 31.3. The maximum absolute atomic E-state index is 12.8. The number of hydrogen-bond acceptors (Lipinski definition) is 5. The summed E-state index contributed by atoms with van der Waals surface area (Å²) in [5.41, 5.74) is -0.767.